The van der Waals surface area contributed by atoms with Gasteiger partial charge in [0, 0.05) is 49.7 Å². The molecule has 5 heteroatoms. The maximum Gasteiger partial charge on any atom is 0.254 e. The summed E-state index contributed by atoms with van der Waals surface area (Å²) in [6.07, 6.45) is 6.89. The number of benzene rings is 2. The fraction of sp³-hybridized carbons (Fsp3) is 0.269. The lowest BCUT2D eigenvalue weighted by Gasteiger charge is -2.27. The van der Waals surface area contributed by atoms with Crippen LogP contribution in [0.3, 0.4) is 0 Å². The lowest BCUT2D eigenvalue weighted by molar-refractivity contribution is -0.119. The summed E-state index contributed by atoms with van der Waals surface area (Å²) in [5, 5.41) is 0. The van der Waals surface area contributed by atoms with Crippen LogP contribution in [0.5, 0.6) is 0 Å². The molecule has 1 saturated heterocycles. The van der Waals surface area contributed by atoms with Crippen LogP contribution in [-0.2, 0) is 17.8 Å². The van der Waals surface area contributed by atoms with Crippen molar-refractivity contribution >= 4 is 17.5 Å². The largest absolute Gasteiger partial charge is 0.334 e. The van der Waals surface area contributed by atoms with Gasteiger partial charge in [-0.25, -0.2) is 0 Å². The topological polar surface area (TPSA) is 53.5 Å². The Hall–Kier alpha value is -3.47. The van der Waals surface area contributed by atoms with Gasteiger partial charge in [0.15, 0.2) is 0 Å². The van der Waals surface area contributed by atoms with Crippen LogP contribution < -0.4 is 4.90 Å². The molecule has 1 aliphatic heterocycles. The third-order valence-electron chi connectivity index (χ3n) is 5.65. The summed E-state index contributed by atoms with van der Waals surface area (Å²) in [7, 11) is 0. The molecule has 158 valence electrons. The monoisotopic (exact) mass is 413 g/mol. The number of anilines is 1. The van der Waals surface area contributed by atoms with Gasteiger partial charge in [-0.2, -0.15) is 0 Å². The van der Waals surface area contributed by atoms with Crippen LogP contribution in [0.2, 0.25) is 0 Å². The van der Waals surface area contributed by atoms with Gasteiger partial charge in [0.1, 0.15) is 0 Å². The number of nitrogens with zero attached hydrogens (tertiary/aromatic N) is 3. The highest BCUT2D eigenvalue weighted by Gasteiger charge is 2.21. The first-order valence-electron chi connectivity index (χ1n) is 10.8. The Bertz CT molecular complexity index is 1000. The molecule has 0 atom stereocenters. The van der Waals surface area contributed by atoms with E-state index in [1.807, 2.05) is 64.4 Å². The quantitative estimate of drug-likeness (QED) is 0.574. The normalized spacial score (nSPS) is 13.8. The Morgan fingerprint density at radius 2 is 1.71 bits per heavy atom. The summed E-state index contributed by atoms with van der Waals surface area (Å²) < 4.78 is 0. The second-order valence-electron chi connectivity index (χ2n) is 7.87. The molecule has 4 rings (SSSR count). The van der Waals surface area contributed by atoms with Crippen molar-refractivity contribution in [3.8, 4) is 0 Å². The summed E-state index contributed by atoms with van der Waals surface area (Å²) in [5.41, 5.74) is 3.69. The van der Waals surface area contributed by atoms with Crippen LogP contribution in [0, 0.1) is 0 Å². The number of hydrogen-bond acceptors (Lipinski definition) is 3. The van der Waals surface area contributed by atoms with E-state index in [-0.39, 0.29) is 11.8 Å². The molecule has 1 aliphatic rings. The molecule has 2 amide bonds. The third kappa shape index (κ3) is 5.37. The van der Waals surface area contributed by atoms with Crippen LogP contribution >= 0.6 is 0 Å². The van der Waals surface area contributed by atoms with E-state index in [0.717, 1.165) is 37.1 Å². The molecular weight excluding hydrogens is 386 g/mol. The Morgan fingerprint density at radius 1 is 0.935 bits per heavy atom. The first-order chi connectivity index (χ1) is 15.2. The Kier molecular flexibility index (Phi) is 6.72. The Labute approximate surface area is 183 Å². The minimum atomic E-state index is -0.0173. The number of carbonyl (C=O) groups excluding carboxylic acids is 2. The highest BCUT2D eigenvalue weighted by atomic mass is 16.2. The molecule has 0 saturated carbocycles. The van der Waals surface area contributed by atoms with Gasteiger partial charge in [-0.1, -0.05) is 36.4 Å². The number of carbonyl (C=O) groups is 2. The molecule has 0 radical (unpaired) electrons. The first-order valence-corrected chi connectivity index (χ1v) is 10.8. The number of piperidine rings is 1. The van der Waals surface area contributed by atoms with Crippen LogP contribution in [0.25, 0.3) is 0 Å². The lowest BCUT2D eigenvalue weighted by atomic mass is 10.1. The molecule has 0 unspecified atom stereocenters. The average molecular weight is 414 g/mol. The van der Waals surface area contributed by atoms with Gasteiger partial charge in [0.2, 0.25) is 5.91 Å². The van der Waals surface area contributed by atoms with Gasteiger partial charge in [-0.05, 0) is 60.7 Å². The predicted molar refractivity (Wildman–Crippen MR) is 122 cm³/mol. The van der Waals surface area contributed by atoms with Crippen molar-refractivity contribution in [2.75, 3.05) is 18.0 Å². The third-order valence-corrected chi connectivity index (χ3v) is 5.65. The van der Waals surface area contributed by atoms with Crippen LogP contribution in [-0.4, -0.2) is 34.8 Å². The highest BCUT2D eigenvalue weighted by Crippen LogP contribution is 2.22. The molecule has 0 bridgehead atoms. The van der Waals surface area contributed by atoms with Gasteiger partial charge in [-0.3, -0.25) is 14.6 Å². The average Bonchev–Trinajstić information content (AvgIpc) is 2.83. The predicted octanol–water partition coefficient (Wildman–Crippen LogP) is 4.48. The second-order valence-corrected chi connectivity index (χ2v) is 7.87. The van der Waals surface area contributed by atoms with Gasteiger partial charge >= 0.3 is 0 Å². The van der Waals surface area contributed by atoms with Crippen molar-refractivity contribution in [3.05, 3.63) is 95.8 Å². The van der Waals surface area contributed by atoms with E-state index < -0.39 is 0 Å². The fourth-order valence-electron chi connectivity index (χ4n) is 3.92. The van der Waals surface area contributed by atoms with E-state index in [2.05, 4.69) is 17.1 Å². The van der Waals surface area contributed by atoms with E-state index >= 15 is 0 Å². The van der Waals surface area contributed by atoms with Crippen molar-refractivity contribution in [3.63, 3.8) is 0 Å². The molecule has 0 spiro atoms. The van der Waals surface area contributed by atoms with Crippen LogP contribution in [0.4, 0.5) is 5.69 Å². The summed E-state index contributed by atoms with van der Waals surface area (Å²) in [5.74, 6) is 0.141. The molecule has 2 aromatic carbocycles. The molecule has 1 fully saturated rings. The molecule has 0 N–H and O–H groups in total. The van der Waals surface area contributed by atoms with Crippen molar-refractivity contribution in [2.45, 2.75) is 32.2 Å². The van der Waals surface area contributed by atoms with E-state index in [0.29, 0.717) is 25.1 Å². The van der Waals surface area contributed by atoms with Crippen LogP contribution in [0.15, 0.2) is 79.1 Å². The van der Waals surface area contributed by atoms with Gasteiger partial charge in [0.05, 0.1) is 0 Å². The van der Waals surface area contributed by atoms with Gasteiger partial charge in [0.25, 0.3) is 5.91 Å². The minimum absolute atomic E-state index is 0.0173. The molecule has 5 nitrogen and oxygen atoms in total. The zero-order valence-corrected chi connectivity index (χ0v) is 17.6. The van der Waals surface area contributed by atoms with Crippen molar-refractivity contribution in [1.29, 1.82) is 0 Å². The summed E-state index contributed by atoms with van der Waals surface area (Å²) in [4.78, 5) is 33.4. The standard InChI is InChI=1S/C26H27N3O2/c30-25-10-4-5-17-29(25)24-13-11-23(12-14-24)26(31)28(20-22-9-6-16-27-19-22)18-15-21-7-2-1-3-8-21/h1-3,6-9,11-14,16,19H,4-5,10,15,17-18,20H2. The zero-order chi connectivity index (χ0) is 21.5. The van der Waals surface area contributed by atoms with E-state index in [9.17, 15) is 9.59 Å². The Morgan fingerprint density at radius 3 is 2.42 bits per heavy atom. The highest BCUT2D eigenvalue weighted by molar-refractivity contribution is 5.97. The minimum Gasteiger partial charge on any atom is -0.334 e. The van der Waals surface area contributed by atoms with Gasteiger partial charge < -0.3 is 9.80 Å². The number of hydrogen-bond donors (Lipinski definition) is 0. The van der Waals surface area contributed by atoms with E-state index in [4.69, 9.17) is 0 Å². The zero-order valence-electron chi connectivity index (χ0n) is 17.6. The lowest BCUT2D eigenvalue weighted by Crippen LogP contribution is -2.35. The van der Waals surface area contributed by atoms with Crippen molar-refractivity contribution < 1.29 is 9.59 Å². The first kappa shape index (κ1) is 20.8. The summed E-state index contributed by atoms with van der Waals surface area (Å²) in [6.45, 7) is 1.87. The second kappa shape index (κ2) is 10.0. The SMILES string of the molecule is O=C(c1ccc(N2CCCCC2=O)cc1)N(CCc1ccccc1)Cc1cccnc1. The number of rotatable bonds is 7. The van der Waals surface area contributed by atoms with Crippen molar-refractivity contribution in [1.82, 2.24) is 9.88 Å². The molecule has 0 aliphatic carbocycles. The molecule has 1 aromatic heterocycles. The smallest absolute Gasteiger partial charge is 0.254 e. The number of amides is 2. The van der Waals surface area contributed by atoms with E-state index in [1.54, 1.807) is 12.4 Å². The molecule has 2 heterocycles. The molecule has 3 aromatic rings. The Balaban J connectivity index is 1.50. The maximum atomic E-state index is 13.3. The molecular formula is C26H27N3O2. The van der Waals surface area contributed by atoms with E-state index in [1.165, 1.54) is 5.56 Å². The summed E-state index contributed by atoms with van der Waals surface area (Å²) >= 11 is 0. The number of pyridine rings is 1. The number of aromatic nitrogens is 1. The van der Waals surface area contributed by atoms with Crippen molar-refractivity contribution in [2.24, 2.45) is 0 Å². The fourth-order valence-corrected chi connectivity index (χ4v) is 3.92. The summed E-state index contributed by atoms with van der Waals surface area (Å²) in [6, 6.07) is 21.5. The maximum absolute atomic E-state index is 13.3. The van der Waals surface area contributed by atoms with Crippen LogP contribution in [0.1, 0.15) is 40.7 Å². The van der Waals surface area contributed by atoms with Gasteiger partial charge in [-0.15, -0.1) is 0 Å². The molecule has 31 heavy (non-hydrogen) atoms.